The number of carbonyl (C=O) groups excluding carboxylic acids is 2. The zero-order valence-corrected chi connectivity index (χ0v) is 12.6. The molecule has 6 nitrogen and oxygen atoms in total. The molecule has 0 radical (unpaired) electrons. The van der Waals surface area contributed by atoms with Gasteiger partial charge in [0, 0.05) is 33.7 Å². The molecule has 0 saturated carbocycles. The highest BCUT2D eigenvalue weighted by Crippen LogP contribution is 2.21. The van der Waals surface area contributed by atoms with E-state index in [4.69, 9.17) is 4.74 Å². The number of hydrogen-bond acceptors (Lipinski definition) is 4. The second-order valence-electron chi connectivity index (χ2n) is 5.15. The van der Waals surface area contributed by atoms with Crippen LogP contribution in [0, 0.1) is 0 Å². The predicted octanol–water partition coefficient (Wildman–Crippen LogP) is 0.197. The number of amides is 2. The minimum atomic E-state index is -0.480. The van der Waals surface area contributed by atoms with Crippen molar-refractivity contribution in [2.45, 2.75) is 6.04 Å². The Balaban J connectivity index is 2.28. The molecule has 1 aromatic carbocycles. The fourth-order valence-electron chi connectivity index (χ4n) is 2.44. The number of piperazine rings is 1. The van der Waals surface area contributed by atoms with E-state index in [9.17, 15) is 9.59 Å². The summed E-state index contributed by atoms with van der Waals surface area (Å²) in [6.07, 6.45) is 0. The molecule has 114 valence electrons. The largest absolute Gasteiger partial charge is 0.496 e. The smallest absolute Gasteiger partial charge is 0.258 e. The van der Waals surface area contributed by atoms with Gasteiger partial charge in [-0.1, -0.05) is 12.1 Å². The van der Waals surface area contributed by atoms with Crippen molar-refractivity contribution in [2.75, 3.05) is 40.8 Å². The Hall–Kier alpha value is -2.08. The summed E-state index contributed by atoms with van der Waals surface area (Å²) in [7, 11) is 4.93. The fraction of sp³-hybridized carbons (Fsp3) is 0.467. The maximum Gasteiger partial charge on any atom is 0.258 e. The van der Waals surface area contributed by atoms with Crippen LogP contribution in [0.25, 0.3) is 0 Å². The zero-order valence-electron chi connectivity index (χ0n) is 12.6. The molecule has 1 aliphatic heterocycles. The van der Waals surface area contributed by atoms with E-state index < -0.39 is 6.04 Å². The van der Waals surface area contributed by atoms with E-state index in [0.717, 1.165) is 0 Å². The van der Waals surface area contributed by atoms with Crippen molar-refractivity contribution in [3.05, 3.63) is 29.8 Å². The third-order valence-corrected chi connectivity index (χ3v) is 3.57. The number of likely N-dealkylation sites (N-methyl/N-ethyl adjacent to an activating group) is 1. The van der Waals surface area contributed by atoms with Crippen LogP contribution in [0.4, 0.5) is 0 Å². The van der Waals surface area contributed by atoms with E-state index in [2.05, 4.69) is 5.32 Å². The Morgan fingerprint density at radius 2 is 2.05 bits per heavy atom. The Bertz CT molecular complexity index is 531. The number of rotatable bonds is 3. The molecule has 0 aliphatic carbocycles. The summed E-state index contributed by atoms with van der Waals surface area (Å²) in [4.78, 5) is 28.2. The van der Waals surface area contributed by atoms with Crippen molar-refractivity contribution in [3.63, 3.8) is 0 Å². The first-order chi connectivity index (χ1) is 10.1. The molecule has 1 N–H and O–H groups in total. The molecule has 1 saturated heterocycles. The van der Waals surface area contributed by atoms with Crippen molar-refractivity contribution in [1.82, 2.24) is 15.1 Å². The van der Waals surface area contributed by atoms with Crippen molar-refractivity contribution in [2.24, 2.45) is 0 Å². The highest BCUT2D eigenvalue weighted by Gasteiger charge is 2.34. The number of nitrogens with one attached hydrogen (secondary N) is 1. The SMILES string of the molecule is COc1ccccc1C(=O)N1CCNCC1C(=O)N(C)C. The van der Waals surface area contributed by atoms with Gasteiger partial charge in [-0.3, -0.25) is 9.59 Å². The number of benzene rings is 1. The van der Waals surface area contributed by atoms with Gasteiger partial charge in [-0.05, 0) is 12.1 Å². The van der Waals surface area contributed by atoms with Gasteiger partial charge in [0.15, 0.2) is 0 Å². The van der Waals surface area contributed by atoms with Gasteiger partial charge in [-0.15, -0.1) is 0 Å². The molecular formula is C15H21N3O3. The zero-order chi connectivity index (χ0) is 15.4. The summed E-state index contributed by atoms with van der Waals surface area (Å²) in [5.74, 6) is 0.275. The first-order valence-corrected chi connectivity index (χ1v) is 6.92. The molecule has 1 aliphatic rings. The average molecular weight is 291 g/mol. The van der Waals surface area contributed by atoms with Crippen LogP contribution in [-0.4, -0.2) is 68.5 Å². The fourth-order valence-corrected chi connectivity index (χ4v) is 2.44. The lowest BCUT2D eigenvalue weighted by Crippen LogP contribution is -2.59. The van der Waals surface area contributed by atoms with E-state index in [1.807, 2.05) is 6.07 Å². The number of methoxy groups -OCH3 is 1. The van der Waals surface area contributed by atoms with Gasteiger partial charge in [0.25, 0.3) is 5.91 Å². The lowest BCUT2D eigenvalue weighted by atomic mass is 10.1. The van der Waals surface area contributed by atoms with Crippen LogP contribution in [0.5, 0.6) is 5.75 Å². The summed E-state index contributed by atoms with van der Waals surface area (Å²) in [6.45, 7) is 1.65. The monoisotopic (exact) mass is 291 g/mol. The second kappa shape index (κ2) is 6.58. The van der Waals surface area contributed by atoms with E-state index in [-0.39, 0.29) is 11.8 Å². The highest BCUT2D eigenvalue weighted by molar-refractivity contribution is 5.99. The van der Waals surface area contributed by atoms with Gasteiger partial charge in [-0.2, -0.15) is 0 Å². The molecule has 1 fully saturated rings. The van der Waals surface area contributed by atoms with Gasteiger partial charge in [-0.25, -0.2) is 0 Å². The Morgan fingerprint density at radius 3 is 2.71 bits per heavy atom. The van der Waals surface area contributed by atoms with Gasteiger partial charge >= 0.3 is 0 Å². The van der Waals surface area contributed by atoms with Crippen LogP contribution >= 0.6 is 0 Å². The Labute approximate surface area is 124 Å². The minimum absolute atomic E-state index is 0.0783. The molecule has 1 aromatic rings. The van der Waals surface area contributed by atoms with Crippen LogP contribution in [-0.2, 0) is 4.79 Å². The number of ether oxygens (including phenoxy) is 1. The standard InChI is InChI=1S/C15H21N3O3/c1-17(2)15(20)12-10-16-8-9-18(12)14(19)11-6-4-5-7-13(11)21-3/h4-7,12,16H,8-10H2,1-3H3. The minimum Gasteiger partial charge on any atom is -0.496 e. The summed E-state index contributed by atoms with van der Waals surface area (Å²) < 4.78 is 5.24. The predicted molar refractivity (Wildman–Crippen MR) is 79.4 cm³/mol. The number of carbonyl (C=O) groups is 2. The third-order valence-electron chi connectivity index (χ3n) is 3.57. The third kappa shape index (κ3) is 3.16. The number of hydrogen-bond donors (Lipinski definition) is 1. The second-order valence-corrected chi connectivity index (χ2v) is 5.15. The van der Waals surface area contributed by atoms with Crippen LogP contribution in [0.15, 0.2) is 24.3 Å². The molecule has 6 heteroatoms. The molecule has 2 amide bonds. The molecule has 2 rings (SSSR count). The molecule has 21 heavy (non-hydrogen) atoms. The molecule has 0 spiro atoms. The van der Waals surface area contributed by atoms with E-state index in [1.165, 1.54) is 12.0 Å². The number of para-hydroxylation sites is 1. The molecule has 1 atom stereocenters. The molecular weight excluding hydrogens is 270 g/mol. The van der Waals surface area contributed by atoms with Crippen molar-refractivity contribution in [1.29, 1.82) is 0 Å². The van der Waals surface area contributed by atoms with E-state index >= 15 is 0 Å². The van der Waals surface area contributed by atoms with E-state index in [0.29, 0.717) is 30.9 Å². The van der Waals surface area contributed by atoms with Crippen LogP contribution in [0.1, 0.15) is 10.4 Å². The van der Waals surface area contributed by atoms with E-state index in [1.54, 1.807) is 37.2 Å². The lowest BCUT2D eigenvalue weighted by molar-refractivity contribution is -0.134. The molecule has 0 bridgehead atoms. The topological polar surface area (TPSA) is 61.9 Å². The first kappa shape index (κ1) is 15.3. The maximum atomic E-state index is 12.8. The van der Waals surface area contributed by atoms with Crippen molar-refractivity contribution < 1.29 is 14.3 Å². The molecule has 1 unspecified atom stereocenters. The highest BCUT2D eigenvalue weighted by atomic mass is 16.5. The number of nitrogens with zero attached hydrogens (tertiary/aromatic N) is 2. The quantitative estimate of drug-likeness (QED) is 0.864. The van der Waals surface area contributed by atoms with Crippen molar-refractivity contribution in [3.8, 4) is 5.75 Å². The van der Waals surface area contributed by atoms with Gasteiger partial charge < -0.3 is 19.9 Å². The summed E-state index contributed by atoms with van der Waals surface area (Å²) >= 11 is 0. The summed E-state index contributed by atoms with van der Waals surface area (Å²) in [6, 6.07) is 6.60. The first-order valence-electron chi connectivity index (χ1n) is 6.92. The van der Waals surface area contributed by atoms with Crippen LogP contribution in [0.3, 0.4) is 0 Å². The average Bonchev–Trinajstić information content (AvgIpc) is 2.53. The van der Waals surface area contributed by atoms with Gasteiger partial charge in [0.1, 0.15) is 11.8 Å². The summed E-state index contributed by atoms with van der Waals surface area (Å²) in [5.41, 5.74) is 0.485. The molecule has 1 heterocycles. The molecule has 0 aromatic heterocycles. The Kier molecular flexibility index (Phi) is 4.80. The lowest BCUT2D eigenvalue weighted by Gasteiger charge is -2.36. The van der Waals surface area contributed by atoms with Gasteiger partial charge in [0.05, 0.1) is 12.7 Å². The van der Waals surface area contributed by atoms with Crippen LogP contribution < -0.4 is 10.1 Å². The maximum absolute atomic E-state index is 12.8. The normalized spacial score (nSPS) is 18.2. The van der Waals surface area contributed by atoms with Gasteiger partial charge in [0.2, 0.25) is 5.91 Å². The van der Waals surface area contributed by atoms with Crippen molar-refractivity contribution >= 4 is 11.8 Å². The summed E-state index contributed by atoms with van der Waals surface area (Å²) in [5, 5.41) is 3.16. The van der Waals surface area contributed by atoms with Crippen LogP contribution in [0.2, 0.25) is 0 Å². The Morgan fingerprint density at radius 1 is 1.33 bits per heavy atom.